The smallest absolute Gasteiger partial charge is 0.262 e. The molecule has 3 aromatic rings. The summed E-state index contributed by atoms with van der Waals surface area (Å²) in [6.07, 6.45) is 0. The van der Waals surface area contributed by atoms with Gasteiger partial charge in [0.1, 0.15) is 11.5 Å². The molecule has 0 aliphatic carbocycles. The Kier molecular flexibility index (Phi) is 7.19. The normalized spacial score (nSPS) is 10.8. The number of sulfonamides is 1. The standard InChI is InChI=1S/C23H23N3O6S/c1-15-7-10-17(25-22(27)14-32-18-11-8-16(9-12-18)23(24)28)13-21(15)33(29,30)26-19-5-3-4-6-20(19)31-2/h3-13,26H,14H2,1-2H3,(H2,24,28)(H,25,27). The second kappa shape index (κ2) is 10.0. The summed E-state index contributed by atoms with van der Waals surface area (Å²) in [5.41, 5.74) is 6.59. The summed E-state index contributed by atoms with van der Waals surface area (Å²) in [4.78, 5) is 23.4. The van der Waals surface area contributed by atoms with Crippen LogP contribution in [0.4, 0.5) is 11.4 Å². The zero-order chi connectivity index (χ0) is 24.0. The first-order chi connectivity index (χ1) is 15.7. The number of carbonyl (C=O) groups is 2. The number of benzene rings is 3. The maximum atomic E-state index is 13.0. The van der Waals surface area contributed by atoms with Crippen LogP contribution in [0.2, 0.25) is 0 Å². The Morgan fingerprint density at radius 2 is 1.70 bits per heavy atom. The third-order valence-corrected chi connectivity index (χ3v) is 6.13. The molecule has 2 amide bonds. The van der Waals surface area contributed by atoms with E-state index < -0.39 is 21.8 Å². The number of aryl methyl sites for hydroxylation is 1. The molecule has 0 aliphatic rings. The highest BCUT2D eigenvalue weighted by atomic mass is 32.2. The van der Waals surface area contributed by atoms with Crippen LogP contribution in [0.5, 0.6) is 11.5 Å². The molecule has 33 heavy (non-hydrogen) atoms. The summed E-state index contributed by atoms with van der Waals surface area (Å²) in [6, 6.07) is 17.2. The molecule has 0 aromatic heterocycles. The van der Waals surface area contributed by atoms with Crippen LogP contribution in [-0.4, -0.2) is 33.9 Å². The number of methoxy groups -OCH3 is 1. The monoisotopic (exact) mass is 469 g/mol. The first kappa shape index (κ1) is 23.6. The molecule has 0 atom stereocenters. The number of carbonyl (C=O) groups excluding carboxylic acids is 2. The summed E-state index contributed by atoms with van der Waals surface area (Å²) in [6.45, 7) is 1.34. The minimum Gasteiger partial charge on any atom is -0.495 e. The highest BCUT2D eigenvalue weighted by Crippen LogP contribution is 2.28. The Balaban J connectivity index is 1.70. The number of para-hydroxylation sites is 2. The number of amides is 2. The molecule has 0 spiro atoms. The van der Waals surface area contributed by atoms with Crippen LogP contribution in [0.1, 0.15) is 15.9 Å². The zero-order valence-electron chi connectivity index (χ0n) is 18.0. The third-order valence-electron chi connectivity index (χ3n) is 4.62. The Hall–Kier alpha value is -4.05. The minimum absolute atomic E-state index is 0.00849. The van der Waals surface area contributed by atoms with Gasteiger partial charge in [0.05, 0.1) is 17.7 Å². The van der Waals surface area contributed by atoms with Crippen LogP contribution >= 0.6 is 0 Å². The number of hydrogen-bond donors (Lipinski definition) is 3. The average Bonchev–Trinajstić information content (AvgIpc) is 2.79. The quantitative estimate of drug-likeness (QED) is 0.441. The van der Waals surface area contributed by atoms with Gasteiger partial charge in [-0.2, -0.15) is 0 Å². The number of nitrogens with one attached hydrogen (secondary N) is 2. The fourth-order valence-corrected chi connectivity index (χ4v) is 4.30. The van der Waals surface area contributed by atoms with Crippen molar-refractivity contribution in [2.24, 2.45) is 5.73 Å². The van der Waals surface area contributed by atoms with Crippen molar-refractivity contribution in [2.45, 2.75) is 11.8 Å². The van der Waals surface area contributed by atoms with Crippen molar-refractivity contribution in [3.8, 4) is 11.5 Å². The van der Waals surface area contributed by atoms with Crippen molar-refractivity contribution in [3.05, 3.63) is 77.9 Å². The first-order valence-electron chi connectivity index (χ1n) is 9.78. The SMILES string of the molecule is COc1ccccc1NS(=O)(=O)c1cc(NC(=O)COc2ccc(C(N)=O)cc2)ccc1C. The number of rotatable bonds is 9. The van der Waals surface area contributed by atoms with E-state index in [-0.39, 0.29) is 11.5 Å². The van der Waals surface area contributed by atoms with Gasteiger partial charge >= 0.3 is 0 Å². The largest absolute Gasteiger partial charge is 0.495 e. The van der Waals surface area contributed by atoms with E-state index in [9.17, 15) is 18.0 Å². The van der Waals surface area contributed by atoms with Gasteiger partial charge in [-0.1, -0.05) is 18.2 Å². The Morgan fingerprint density at radius 3 is 2.36 bits per heavy atom. The number of nitrogens with two attached hydrogens (primary N) is 1. The van der Waals surface area contributed by atoms with E-state index in [4.69, 9.17) is 15.2 Å². The van der Waals surface area contributed by atoms with Crippen LogP contribution < -0.4 is 25.2 Å². The maximum Gasteiger partial charge on any atom is 0.262 e. The van der Waals surface area contributed by atoms with E-state index >= 15 is 0 Å². The summed E-state index contributed by atoms with van der Waals surface area (Å²) in [7, 11) is -2.50. The zero-order valence-corrected chi connectivity index (χ0v) is 18.8. The molecule has 10 heteroatoms. The number of primary amides is 1. The molecular formula is C23H23N3O6S. The maximum absolute atomic E-state index is 13.0. The molecule has 3 rings (SSSR count). The fraction of sp³-hybridized carbons (Fsp3) is 0.130. The van der Waals surface area contributed by atoms with E-state index in [1.807, 2.05) is 0 Å². The Labute approximate surface area is 191 Å². The van der Waals surface area contributed by atoms with E-state index in [2.05, 4.69) is 10.0 Å². The van der Waals surface area contributed by atoms with Gasteiger partial charge in [0.2, 0.25) is 5.91 Å². The van der Waals surface area contributed by atoms with E-state index in [1.165, 1.54) is 37.4 Å². The molecule has 0 fully saturated rings. The molecule has 0 heterocycles. The first-order valence-corrected chi connectivity index (χ1v) is 11.3. The van der Waals surface area contributed by atoms with Gasteiger partial charge < -0.3 is 20.5 Å². The predicted octanol–water partition coefficient (Wildman–Crippen LogP) is 2.92. The lowest BCUT2D eigenvalue weighted by Crippen LogP contribution is -2.21. The van der Waals surface area contributed by atoms with Crippen molar-refractivity contribution >= 4 is 33.2 Å². The van der Waals surface area contributed by atoms with E-state index in [1.54, 1.807) is 43.3 Å². The number of hydrogen-bond acceptors (Lipinski definition) is 6. The van der Waals surface area contributed by atoms with Crippen LogP contribution in [-0.2, 0) is 14.8 Å². The lowest BCUT2D eigenvalue weighted by atomic mass is 10.2. The summed E-state index contributed by atoms with van der Waals surface area (Å²) < 4.78 is 39.1. The van der Waals surface area contributed by atoms with Crippen molar-refractivity contribution in [1.82, 2.24) is 0 Å². The molecule has 4 N–H and O–H groups in total. The average molecular weight is 470 g/mol. The van der Waals surface area contributed by atoms with Crippen molar-refractivity contribution < 1.29 is 27.5 Å². The van der Waals surface area contributed by atoms with Crippen LogP contribution in [0.25, 0.3) is 0 Å². The van der Waals surface area contributed by atoms with Gasteiger partial charge in [0.25, 0.3) is 15.9 Å². The fourth-order valence-electron chi connectivity index (χ4n) is 2.96. The molecular weight excluding hydrogens is 446 g/mol. The molecule has 3 aromatic carbocycles. The van der Waals surface area contributed by atoms with Crippen LogP contribution in [0, 0.1) is 6.92 Å². The summed E-state index contributed by atoms with van der Waals surface area (Å²) in [5.74, 6) is -0.295. The van der Waals surface area contributed by atoms with Crippen molar-refractivity contribution in [1.29, 1.82) is 0 Å². The summed E-state index contributed by atoms with van der Waals surface area (Å²) >= 11 is 0. The third kappa shape index (κ3) is 6.01. The highest BCUT2D eigenvalue weighted by molar-refractivity contribution is 7.92. The lowest BCUT2D eigenvalue weighted by Gasteiger charge is -2.14. The van der Waals surface area contributed by atoms with E-state index in [0.29, 0.717) is 34.0 Å². The number of anilines is 2. The second-order valence-corrected chi connectivity index (χ2v) is 8.66. The molecule has 0 unspecified atom stereocenters. The van der Waals surface area contributed by atoms with Crippen LogP contribution in [0.15, 0.2) is 71.6 Å². The molecule has 0 bridgehead atoms. The predicted molar refractivity (Wildman–Crippen MR) is 124 cm³/mol. The van der Waals surface area contributed by atoms with Gasteiger partial charge in [-0.15, -0.1) is 0 Å². The molecule has 9 nitrogen and oxygen atoms in total. The van der Waals surface area contributed by atoms with Gasteiger partial charge in [0.15, 0.2) is 6.61 Å². The molecule has 0 saturated carbocycles. The molecule has 0 saturated heterocycles. The Bertz CT molecular complexity index is 1270. The van der Waals surface area contributed by atoms with Gasteiger partial charge in [-0.05, 0) is 61.0 Å². The topological polar surface area (TPSA) is 137 Å². The van der Waals surface area contributed by atoms with Crippen LogP contribution in [0.3, 0.4) is 0 Å². The molecule has 172 valence electrons. The Morgan fingerprint density at radius 1 is 1.00 bits per heavy atom. The van der Waals surface area contributed by atoms with Crippen molar-refractivity contribution in [3.63, 3.8) is 0 Å². The van der Waals surface area contributed by atoms with Gasteiger partial charge in [-0.3, -0.25) is 14.3 Å². The molecule has 0 aliphatic heterocycles. The minimum atomic E-state index is -3.95. The summed E-state index contributed by atoms with van der Waals surface area (Å²) in [5, 5.41) is 2.61. The van der Waals surface area contributed by atoms with Crippen molar-refractivity contribution in [2.75, 3.05) is 23.8 Å². The van der Waals surface area contributed by atoms with E-state index in [0.717, 1.165) is 0 Å². The highest BCUT2D eigenvalue weighted by Gasteiger charge is 2.20. The molecule has 0 radical (unpaired) electrons. The lowest BCUT2D eigenvalue weighted by molar-refractivity contribution is -0.118. The van der Waals surface area contributed by atoms with Gasteiger partial charge in [-0.25, -0.2) is 8.42 Å². The number of ether oxygens (including phenoxy) is 2. The second-order valence-electron chi connectivity index (χ2n) is 7.01. The van der Waals surface area contributed by atoms with Gasteiger partial charge in [0, 0.05) is 11.3 Å².